The number of fused-ring (bicyclic) bond motifs is 1. The van der Waals surface area contributed by atoms with Crippen LogP contribution in [0.2, 0.25) is 0 Å². The topological polar surface area (TPSA) is 67.9 Å². The molecule has 0 aromatic heterocycles. The van der Waals surface area contributed by atoms with Crippen molar-refractivity contribution in [2.75, 3.05) is 19.9 Å². The summed E-state index contributed by atoms with van der Waals surface area (Å²) >= 11 is 0. The highest BCUT2D eigenvalue weighted by atomic mass is 16.7. The Morgan fingerprint density at radius 3 is 2.61 bits per heavy atom. The molecule has 146 valence electrons. The number of hydrogen-bond acceptors (Lipinski definition) is 4. The van der Waals surface area contributed by atoms with E-state index in [1.165, 1.54) is 6.42 Å². The van der Waals surface area contributed by atoms with Gasteiger partial charge in [0.25, 0.3) is 11.8 Å². The molecule has 2 aromatic rings. The first kappa shape index (κ1) is 18.3. The maximum absolute atomic E-state index is 12.6. The van der Waals surface area contributed by atoms with Crippen LogP contribution in [-0.4, -0.2) is 36.6 Å². The van der Waals surface area contributed by atoms with Gasteiger partial charge in [0.2, 0.25) is 6.79 Å². The van der Waals surface area contributed by atoms with Crippen LogP contribution in [0.5, 0.6) is 11.5 Å². The normalized spacial score (nSPS) is 18.0. The molecule has 2 aromatic carbocycles. The largest absolute Gasteiger partial charge is 0.454 e. The molecule has 0 radical (unpaired) electrons. The molecule has 1 saturated heterocycles. The quantitative estimate of drug-likeness (QED) is 0.884. The number of likely N-dealkylation sites (tertiary alicyclic amines) is 1. The molecule has 0 saturated carbocycles. The molecule has 2 heterocycles. The van der Waals surface area contributed by atoms with E-state index in [0.717, 1.165) is 30.8 Å². The third-order valence-corrected chi connectivity index (χ3v) is 5.23. The molecule has 6 heteroatoms. The van der Waals surface area contributed by atoms with E-state index in [1.54, 1.807) is 24.3 Å². The van der Waals surface area contributed by atoms with Crippen LogP contribution in [0.1, 0.15) is 46.0 Å². The summed E-state index contributed by atoms with van der Waals surface area (Å²) in [6.07, 6.45) is 2.22. The van der Waals surface area contributed by atoms with Crippen molar-refractivity contribution in [3.05, 3.63) is 59.2 Å². The number of ether oxygens (including phenoxy) is 2. The first-order valence-corrected chi connectivity index (χ1v) is 9.66. The van der Waals surface area contributed by atoms with Gasteiger partial charge >= 0.3 is 0 Å². The lowest BCUT2D eigenvalue weighted by Crippen LogP contribution is -2.39. The van der Waals surface area contributed by atoms with Gasteiger partial charge in [-0.2, -0.15) is 0 Å². The van der Waals surface area contributed by atoms with E-state index in [-0.39, 0.29) is 18.6 Å². The first-order chi connectivity index (χ1) is 13.6. The van der Waals surface area contributed by atoms with Crippen molar-refractivity contribution in [2.24, 2.45) is 5.92 Å². The van der Waals surface area contributed by atoms with Crippen molar-refractivity contribution in [3.63, 3.8) is 0 Å². The summed E-state index contributed by atoms with van der Waals surface area (Å²) in [4.78, 5) is 27.0. The number of piperidine rings is 1. The van der Waals surface area contributed by atoms with Gasteiger partial charge in [-0.05, 0) is 60.7 Å². The molecule has 4 rings (SSSR count). The van der Waals surface area contributed by atoms with Crippen molar-refractivity contribution < 1.29 is 19.1 Å². The van der Waals surface area contributed by atoms with Gasteiger partial charge in [-0.3, -0.25) is 9.59 Å². The summed E-state index contributed by atoms with van der Waals surface area (Å²) in [5, 5.41) is 2.89. The minimum absolute atomic E-state index is 0.0406. The summed E-state index contributed by atoms with van der Waals surface area (Å²) in [6.45, 7) is 4.40. The second kappa shape index (κ2) is 7.92. The van der Waals surface area contributed by atoms with Crippen LogP contribution >= 0.6 is 0 Å². The van der Waals surface area contributed by atoms with Crippen LogP contribution in [0.4, 0.5) is 0 Å². The molecule has 2 amide bonds. The van der Waals surface area contributed by atoms with Crippen LogP contribution in [0.25, 0.3) is 0 Å². The number of nitrogens with one attached hydrogen (secondary N) is 1. The zero-order valence-corrected chi connectivity index (χ0v) is 15.9. The monoisotopic (exact) mass is 380 g/mol. The van der Waals surface area contributed by atoms with Gasteiger partial charge in [0.1, 0.15) is 0 Å². The Bertz CT molecular complexity index is 879. The number of benzene rings is 2. The number of carbonyl (C=O) groups is 2. The highest BCUT2D eigenvalue weighted by Gasteiger charge is 2.22. The van der Waals surface area contributed by atoms with Gasteiger partial charge in [-0.1, -0.05) is 13.0 Å². The van der Waals surface area contributed by atoms with Crippen molar-refractivity contribution in [1.29, 1.82) is 0 Å². The summed E-state index contributed by atoms with van der Waals surface area (Å²) < 4.78 is 10.6. The second-order valence-electron chi connectivity index (χ2n) is 7.45. The highest BCUT2D eigenvalue weighted by molar-refractivity contribution is 5.97. The molecular weight excluding hydrogens is 356 g/mol. The fraction of sp³-hybridized carbons (Fsp3) is 0.364. The Balaban J connectivity index is 1.35. The van der Waals surface area contributed by atoms with Gasteiger partial charge in [0.15, 0.2) is 11.5 Å². The molecule has 0 bridgehead atoms. The molecule has 2 aliphatic rings. The summed E-state index contributed by atoms with van der Waals surface area (Å²) in [6, 6.07) is 12.5. The van der Waals surface area contributed by atoms with Crippen molar-refractivity contribution >= 4 is 11.8 Å². The Labute approximate surface area is 164 Å². The molecule has 0 spiro atoms. The van der Waals surface area contributed by atoms with E-state index in [2.05, 4.69) is 12.2 Å². The highest BCUT2D eigenvalue weighted by Crippen LogP contribution is 2.32. The molecule has 1 fully saturated rings. The maximum Gasteiger partial charge on any atom is 0.253 e. The van der Waals surface area contributed by atoms with E-state index >= 15 is 0 Å². The standard InChI is InChI=1S/C22H24N2O4/c1-15-3-2-10-24(13-15)22(26)18-7-5-17(6-8-18)21(25)23-12-16-4-9-19-20(11-16)28-14-27-19/h4-9,11,15H,2-3,10,12-14H2,1H3,(H,23,25). The minimum atomic E-state index is -0.178. The molecule has 1 atom stereocenters. The molecule has 1 N–H and O–H groups in total. The summed E-state index contributed by atoms with van der Waals surface area (Å²) in [5.74, 6) is 1.82. The maximum atomic E-state index is 12.6. The smallest absolute Gasteiger partial charge is 0.253 e. The number of amides is 2. The van der Waals surface area contributed by atoms with Gasteiger partial charge in [-0.25, -0.2) is 0 Å². The number of rotatable bonds is 4. The van der Waals surface area contributed by atoms with E-state index in [9.17, 15) is 9.59 Å². The van der Waals surface area contributed by atoms with E-state index in [4.69, 9.17) is 9.47 Å². The molecule has 1 unspecified atom stereocenters. The van der Waals surface area contributed by atoms with Crippen molar-refractivity contribution in [2.45, 2.75) is 26.3 Å². The van der Waals surface area contributed by atoms with Crippen LogP contribution in [0.3, 0.4) is 0 Å². The predicted octanol–water partition coefficient (Wildman–Crippen LogP) is 3.22. The molecule has 2 aliphatic heterocycles. The third-order valence-electron chi connectivity index (χ3n) is 5.23. The SMILES string of the molecule is CC1CCCN(C(=O)c2ccc(C(=O)NCc3ccc4c(c3)OCO4)cc2)C1. The average Bonchev–Trinajstić information content (AvgIpc) is 3.19. The third kappa shape index (κ3) is 3.96. The zero-order chi connectivity index (χ0) is 19.5. The molecule has 28 heavy (non-hydrogen) atoms. The van der Waals surface area contributed by atoms with Gasteiger partial charge in [0.05, 0.1) is 0 Å². The fourth-order valence-electron chi connectivity index (χ4n) is 3.66. The first-order valence-electron chi connectivity index (χ1n) is 9.66. The van der Waals surface area contributed by atoms with E-state index in [0.29, 0.717) is 29.3 Å². The van der Waals surface area contributed by atoms with Crippen LogP contribution in [-0.2, 0) is 6.54 Å². The number of hydrogen-bond donors (Lipinski definition) is 1. The lowest BCUT2D eigenvalue weighted by Gasteiger charge is -2.31. The predicted molar refractivity (Wildman–Crippen MR) is 104 cm³/mol. The lowest BCUT2D eigenvalue weighted by atomic mass is 9.99. The van der Waals surface area contributed by atoms with Crippen LogP contribution in [0, 0.1) is 5.92 Å². The minimum Gasteiger partial charge on any atom is -0.454 e. The van der Waals surface area contributed by atoms with Gasteiger partial charge in [-0.15, -0.1) is 0 Å². The van der Waals surface area contributed by atoms with E-state index < -0.39 is 0 Å². The van der Waals surface area contributed by atoms with Gasteiger partial charge in [0, 0.05) is 30.8 Å². The lowest BCUT2D eigenvalue weighted by molar-refractivity contribution is 0.0682. The Morgan fingerprint density at radius 1 is 1.07 bits per heavy atom. The van der Waals surface area contributed by atoms with Crippen LogP contribution < -0.4 is 14.8 Å². The summed E-state index contributed by atoms with van der Waals surface area (Å²) in [5.41, 5.74) is 2.09. The molecule has 6 nitrogen and oxygen atoms in total. The average molecular weight is 380 g/mol. The number of nitrogens with zero attached hydrogens (tertiary/aromatic N) is 1. The Morgan fingerprint density at radius 2 is 1.82 bits per heavy atom. The van der Waals surface area contributed by atoms with Gasteiger partial charge < -0.3 is 19.7 Å². The van der Waals surface area contributed by atoms with Crippen molar-refractivity contribution in [1.82, 2.24) is 10.2 Å². The fourth-order valence-corrected chi connectivity index (χ4v) is 3.66. The Kier molecular flexibility index (Phi) is 5.19. The van der Waals surface area contributed by atoms with Crippen LogP contribution in [0.15, 0.2) is 42.5 Å². The molecular formula is C22H24N2O4. The van der Waals surface area contributed by atoms with E-state index in [1.807, 2.05) is 23.1 Å². The zero-order valence-electron chi connectivity index (χ0n) is 15.9. The number of carbonyl (C=O) groups excluding carboxylic acids is 2. The summed E-state index contributed by atoms with van der Waals surface area (Å²) in [7, 11) is 0. The second-order valence-corrected chi connectivity index (χ2v) is 7.45. The Hall–Kier alpha value is -3.02. The molecule has 0 aliphatic carbocycles. The van der Waals surface area contributed by atoms with Crippen molar-refractivity contribution in [3.8, 4) is 11.5 Å².